The van der Waals surface area contributed by atoms with Crippen LogP contribution in [-0.2, 0) is 11.2 Å². The number of amides is 1. The Morgan fingerprint density at radius 2 is 2.13 bits per heavy atom. The van der Waals surface area contributed by atoms with E-state index in [9.17, 15) is 9.18 Å². The van der Waals surface area contributed by atoms with Gasteiger partial charge in [-0.15, -0.1) is 0 Å². The van der Waals surface area contributed by atoms with Crippen molar-refractivity contribution < 1.29 is 13.9 Å². The monoisotopic (exact) mass is 332 g/mol. The van der Waals surface area contributed by atoms with Crippen molar-refractivity contribution in [2.75, 3.05) is 0 Å². The minimum atomic E-state index is -0.636. The minimum Gasteiger partial charge on any atom is -0.368 e. The van der Waals surface area contributed by atoms with Crippen molar-refractivity contribution in [2.24, 2.45) is 5.73 Å². The van der Waals surface area contributed by atoms with Gasteiger partial charge in [-0.05, 0) is 48.2 Å². The van der Waals surface area contributed by atoms with Crippen molar-refractivity contribution in [3.05, 3.63) is 52.1 Å². The van der Waals surface area contributed by atoms with Crippen LogP contribution in [0.25, 0.3) is 11.1 Å². The van der Waals surface area contributed by atoms with Crippen LogP contribution in [-0.4, -0.2) is 17.0 Å². The lowest BCUT2D eigenvalue weighted by Crippen LogP contribution is -2.23. The molecule has 0 saturated carbocycles. The van der Waals surface area contributed by atoms with Gasteiger partial charge in [0, 0.05) is 17.0 Å². The van der Waals surface area contributed by atoms with E-state index in [1.807, 2.05) is 0 Å². The van der Waals surface area contributed by atoms with E-state index in [1.54, 1.807) is 18.2 Å². The van der Waals surface area contributed by atoms with Crippen LogP contribution in [0.15, 0.2) is 24.3 Å². The van der Waals surface area contributed by atoms with E-state index in [4.69, 9.17) is 22.1 Å². The Morgan fingerprint density at radius 3 is 2.87 bits per heavy atom. The average Bonchev–Trinajstić information content (AvgIpc) is 2.89. The van der Waals surface area contributed by atoms with Gasteiger partial charge in [-0.2, -0.15) is 0 Å². The summed E-state index contributed by atoms with van der Waals surface area (Å²) in [4.78, 5) is 16.0. The zero-order valence-corrected chi connectivity index (χ0v) is 12.9. The molecule has 0 radical (unpaired) electrons. The number of primary amides is 1. The highest BCUT2D eigenvalue weighted by atomic mass is 35.5. The fourth-order valence-electron chi connectivity index (χ4n) is 3.43. The summed E-state index contributed by atoms with van der Waals surface area (Å²) in [6, 6.07) is 6.08. The summed E-state index contributed by atoms with van der Waals surface area (Å²) in [5, 5.41) is 0.327. The Kier molecular flexibility index (Phi) is 3.36. The third-order valence-corrected chi connectivity index (χ3v) is 4.71. The second-order valence-electron chi connectivity index (χ2n) is 5.94. The van der Waals surface area contributed by atoms with Crippen LogP contribution in [0, 0.1) is 5.82 Å². The van der Waals surface area contributed by atoms with Crippen LogP contribution < -0.4 is 5.73 Å². The van der Waals surface area contributed by atoms with Gasteiger partial charge in [0.25, 0.3) is 5.91 Å². The van der Waals surface area contributed by atoms with E-state index in [2.05, 4.69) is 4.98 Å². The van der Waals surface area contributed by atoms with Gasteiger partial charge in [0.15, 0.2) is 0 Å². The van der Waals surface area contributed by atoms with Crippen molar-refractivity contribution in [1.29, 1.82) is 0 Å². The predicted octanol–water partition coefficient (Wildman–Crippen LogP) is 3.42. The maximum absolute atomic E-state index is 14.4. The molecule has 6 heteroatoms. The number of benzene rings is 1. The molecule has 23 heavy (non-hydrogen) atoms. The molecule has 1 saturated heterocycles. The smallest absolute Gasteiger partial charge is 0.267 e. The summed E-state index contributed by atoms with van der Waals surface area (Å²) in [6.45, 7) is 0. The molecular weight excluding hydrogens is 319 g/mol. The van der Waals surface area contributed by atoms with Crippen LogP contribution in [0.1, 0.15) is 40.7 Å². The number of pyridine rings is 1. The summed E-state index contributed by atoms with van der Waals surface area (Å²) in [6.07, 6.45) is 2.44. The van der Waals surface area contributed by atoms with E-state index >= 15 is 0 Å². The molecule has 2 N–H and O–H groups in total. The Labute approximate surface area is 137 Å². The van der Waals surface area contributed by atoms with Crippen molar-refractivity contribution in [1.82, 2.24) is 4.98 Å². The van der Waals surface area contributed by atoms with E-state index in [1.165, 1.54) is 6.07 Å². The van der Waals surface area contributed by atoms with Crippen molar-refractivity contribution in [3.63, 3.8) is 0 Å². The molecule has 0 spiro atoms. The molecule has 4 nitrogen and oxygen atoms in total. The van der Waals surface area contributed by atoms with Crippen LogP contribution in [0.5, 0.6) is 0 Å². The first-order valence-electron chi connectivity index (χ1n) is 7.47. The van der Waals surface area contributed by atoms with Gasteiger partial charge < -0.3 is 10.5 Å². The number of ether oxygens (including phenoxy) is 1. The summed E-state index contributed by atoms with van der Waals surface area (Å²) < 4.78 is 20.3. The number of nitrogens with zero attached hydrogens (tertiary/aromatic N) is 1. The molecule has 2 aromatic rings. The lowest BCUT2D eigenvalue weighted by Gasteiger charge is -2.26. The fraction of sp³-hybridized carbons (Fsp3) is 0.294. The number of hydrogen-bond donors (Lipinski definition) is 1. The molecule has 2 aliphatic heterocycles. The van der Waals surface area contributed by atoms with E-state index in [-0.39, 0.29) is 17.9 Å². The Morgan fingerprint density at radius 1 is 1.30 bits per heavy atom. The quantitative estimate of drug-likeness (QED) is 0.916. The molecule has 0 aliphatic carbocycles. The summed E-state index contributed by atoms with van der Waals surface area (Å²) in [7, 11) is 0. The first-order chi connectivity index (χ1) is 11.0. The van der Waals surface area contributed by atoms with Crippen LogP contribution in [0.4, 0.5) is 4.39 Å². The zero-order chi connectivity index (χ0) is 16.1. The average molecular weight is 333 g/mol. The van der Waals surface area contributed by atoms with Crippen molar-refractivity contribution in [2.45, 2.75) is 31.5 Å². The maximum atomic E-state index is 14.4. The second kappa shape index (κ2) is 5.28. The first-order valence-corrected chi connectivity index (χ1v) is 7.85. The van der Waals surface area contributed by atoms with Gasteiger partial charge >= 0.3 is 0 Å². The molecule has 2 bridgehead atoms. The topological polar surface area (TPSA) is 65.2 Å². The summed E-state index contributed by atoms with van der Waals surface area (Å²) in [5.74, 6) is -1.07. The number of fused-ring (bicyclic) bond motifs is 4. The van der Waals surface area contributed by atoms with Gasteiger partial charge in [-0.1, -0.05) is 11.6 Å². The molecule has 0 unspecified atom stereocenters. The van der Waals surface area contributed by atoms with E-state index < -0.39 is 11.7 Å². The number of carbonyl (C=O) groups is 1. The number of nitrogens with two attached hydrogens (primary N) is 1. The Bertz CT molecular complexity index is 824. The molecule has 1 aromatic heterocycles. The SMILES string of the molecule is NC(=O)c1cc(-c2ccc(Cl)cc2F)c2c(n1)[C@H]1CC[C@@H](C2)O1. The molecule has 2 aliphatic rings. The molecular formula is C17H14ClFN2O2. The standard InChI is InChI=1S/C17H14ClFN2O2/c18-8-1-3-10(13(19)5-8)11-7-14(17(20)22)21-16-12(11)6-9-2-4-15(16)23-9/h1,3,5,7,9,15H,2,4,6H2,(H2,20,22)/t9-,15+/m0/s1. The number of hydrogen-bond acceptors (Lipinski definition) is 3. The number of carbonyl (C=O) groups excluding carboxylic acids is 1. The summed E-state index contributed by atoms with van der Waals surface area (Å²) >= 11 is 5.84. The third kappa shape index (κ3) is 2.40. The van der Waals surface area contributed by atoms with E-state index in [0.29, 0.717) is 28.3 Å². The molecule has 118 valence electrons. The van der Waals surface area contributed by atoms with Gasteiger partial charge in [0.2, 0.25) is 0 Å². The van der Waals surface area contributed by atoms with Crippen molar-refractivity contribution >= 4 is 17.5 Å². The Hall–Kier alpha value is -1.98. The van der Waals surface area contributed by atoms with Gasteiger partial charge in [-0.25, -0.2) is 9.37 Å². The largest absolute Gasteiger partial charge is 0.368 e. The normalized spacial score (nSPS) is 22.0. The zero-order valence-electron chi connectivity index (χ0n) is 12.2. The summed E-state index contributed by atoms with van der Waals surface area (Å²) in [5.41, 5.74) is 8.22. The lowest BCUT2D eigenvalue weighted by molar-refractivity contribution is 0.0295. The highest BCUT2D eigenvalue weighted by Crippen LogP contribution is 2.44. The predicted molar refractivity (Wildman–Crippen MR) is 83.7 cm³/mol. The molecule has 1 amide bonds. The second-order valence-corrected chi connectivity index (χ2v) is 6.37. The molecule has 3 heterocycles. The third-order valence-electron chi connectivity index (χ3n) is 4.47. The van der Waals surface area contributed by atoms with Crippen molar-refractivity contribution in [3.8, 4) is 11.1 Å². The fourth-order valence-corrected chi connectivity index (χ4v) is 3.59. The number of halogens is 2. The van der Waals surface area contributed by atoms with Crippen LogP contribution >= 0.6 is 11.6 Å². The molecule has 2 atom stereocenters. The van der Waals surface area contributed by atoms with Crippen LogP contribution in [0.3, 0.4) is 0 Å². The highest BCUT2D eigenvalue weighted by Gasteiger charge is 2.37. The highest BCUT2D eigenvalue weighted by molar-refractivity contribution is 6.30. The number of aromatic nitrogens is 1. The Balaban J connectivity index is 1.97. The molecule has 1 aromatic carbocycles. The first kappa shape index (κ1) is 14.6. The van der Waals surface area contributed by atoms with Gasteiger partial charge in [-0.3, -0.25) is 4.79 Å². The number of rotatable bonds is 2. The minimum absolute atomic E-state index is 0.127. The lowest BCUT2D eigenvalue weighted by atomic mass is 9.92. The van der Waals surface area contributed by atoms with E-state index in [0.717, 1.165) is 18.4 Å². The van der Waals surface area contributed by atoms with Gasteiger partial charge in [0.1, 0.15) is 17.6 Å². The molecule has 1 fully saturated rings. The van der Waals surface area contributed by atoms with Gasteiger partial charge in [0.05, 0.1) is 11.8 Å². The maximum Gasteiger partial charge on any atom is 0.267 e. The van der Waals surface area contributed by atoms with Crippen LogP contribution in [0.2, 0.25) is 5.02 Å². The molecule has 4 rings (SSSR count).